The van der Waals surface area contributed by atoms with Crippen molar-refractivity contribution in [1.82, 2.24) is 10.6 Å². The van der Waals surface area contributed by atoms with E-state index in [0.717, 1.165) is 37.7 Å². The molecular formula is C21H30N4O3. The average molecular weight is 386 g/mol. The van der Waals surface area contributed by atoms with Gasteiger partial charge < -0.3 is 25.1 Å². The highest BCUT2D eigenvalue weighted by molar-refractivity contribution is 6.02. The molecule has 1 aromatic heterocycles. The first-order valence-electron chi connectivity index (χ1n) is 9.54. The smallest absolute Gasteiger partial charge is 0.291 e. The molecule has 0 saturated carbocycles. The summed E-state index contributed by atoms with van der Waals surface area (Å²) in [4.78, 5) is 16.3. The van der Waals surface area contributed by atoms with E-state index in [0.29, 0.717) is 18.2 Å². The van der Waals surface area contributed by atoms with Gasteiger partial charge in [-0.05, 0) is 42.2 Å². The molecule has 0 atom stereocenters. The van der Waals surface area contributed by atoms with Crippen LogP contribution in [0.3, 0.4) is 0 Å². The summed E-state index contributed by atoms with van der Waals surface area (Å²) in [5.41, 5.74) is 1.74. The Hall–Kier alpha value is -2.80. The van der Waals surface area contributed by atoms with Crippen LogP contribution in [0.4, 0.5) is 5.69 Å². The maximum absolute atomic E-state index is 12.1. The van der Waals surface area contributed by atoms with Crippen molar-refractivity contribution in [3.05, 3.63) is 54.0 Å². The normalized spacial score (nSPS) is 11.5. The Morgan fingerprint density at radius 2 is 2.07 bits per heavy atom. The van der Waals surface area contributed by atoms with Crippen molar-refractivity contribution in [1.29, 1.82) is 0 Å². The van der Waals surface area contributed by atoms with E-state index < -0.39 is 0 Å². The minimum absolute atomic E-state index is 0.271. The fourth-order valence-corrected chi connectivity index (χ4v) is 2.47. The summed E-state index contributed by atoms with van der Waals surface area (Å²) >= 11 is 0. The second kappa shape index (κ2) is 11.8. The molecule has 1 aromatic carbocycles. The molecule has 152 valence electrons. The van der Waals surface area contributed by atoms with E-state index in [-0.39, 0.29) is 11.7 Å². The van der Waals surface area contributed by atoms with Crippen molar-refractivity contribution in [3.8, 4) is 0 Å². The Kier molecular flexibility index (Phi) is 9.07. The fourth-order valence-electron chi connectivity index (χ4n) is 2.47. The fraction of sp³-hybridized carbons (Fsp3) is 0.429. The number of rotatable bonds is 10. The lowest BCUT2D eigenvalue weighted by atomic mass is 10.2. The standard InChI is InChI=1S/C21H30N4O3/c1-16(2)15-27-11-6-10-23-21(22-3)24-14-17-7-4-8-18(13-17)25-20(26)19-9-5-12-28-19/h4-5,7-9,12-13,16H,6,10-11,14-15H2,1-3H3,(H,25,26)(H2,22,23,24). The van der Waals surface area contributed by atoms with Gasteiger partial charge >= 0.3 is 0 Å². The zero-order valence-electron chi connectivity index (χ0n) is 16.8. The highest BCUT2D eigenvalue weighted by Gasteiger charge is 2.08. The Bertz CT molecular complexity index is 742. The third kappa shape index (κ3) is 7.84. The average Bonchev–Trinajstić information content (AvgIpc) is 3.22. The molecule has 7 heteroatoms. The second-order valence-electron chi connectivity index (χ2n) is 6.81. The van der Waals surface area contributed by atoms with E-state index >= 15 is 0 Å². The van der Waals surface area contributed by atoms with Crippen molar-refractivity contribution in [2.45, 2.75) is 26.8 Å². The van der Waals surface area contributed by atoms with Gasteiger partial charge in [-0.25, -0.2) is 0 Å². The van der Waals surface area contributed by atoms with Crippen LogP contribution in [-0.2, 0) is 11.3 Å². The van der Waals surface area contributed by atoms with Gasteiger partial charge in [0.2, 0.25) is 0 Å². The van der Waals surface area contributed by atoms with Gasteiger partial charge in [0.1, 0.15) is 0 Å². The van der Waals surface area contributed by atoms with Gasteiger partial charge in [0.05, 0.1) is 6.26 Å². The summed E-state index contributed by atoms with van der Waals surface area (Å²) in [6, 6.07) is 11.0. The number of ether oxygens (including phenoxy) is 1. The molecule has 0 fully saturated rings. The first-order valence-corrected chi connectivity index (χ1v) is 9.54. The number of aliphatic imine (C=N–C) groups is 1. The molecule has 3 N–H and O–H groups in total. The molecule has 2 aromatic rings. The van der Waals surface area contributed by atoms with Crippen LogP contribution in [0.5, 0.6) is 0 Å². The predicted octanol–water partition coefficient (Wildman–Crippen LogP) is 3.26. The number of hydrogen-bond acceptors (Lipinski definition) is 4. The number of amides is 1. The Morgan fingerprint density at radius 1 is 1.21 bits per heavy atom. The van der Waals surface area contributed by atoms with Crippen molar-refractivity contribution >= 4 is 17.6 Å². The van der Waals surface area contributed by atoms with Gasteiger partial charge in [-0.1, -0.05) is 26.0 Å². The van der Waals surface area contributed by atoms with Crippen LogP contribution in [0, 0.1) is 5.92 Å². The lowest BCUT2D eigenvalue weighted by Crippen LogP contribution is -2.37. The SMILES string of the molecule is CN=C(NCCCOCC(C)C)NCc1cccc(NC(=O)c2ccco2)c1. The molecule has 0 aliphatic heterocycles. The van der Waals surface area contributed by atoms with Crippen LogP contribution < -0.4 is 16.0 Å². The number of carbonyl (C=O) groups excluding carboxylic acids is 1. The van der Waals surface area contributed by atoms with E-state index in [2.05, 4.69) is 34.8 Å². The van der Waals surface area contributed by atoms with Crippen LogP contribution in [0.25, 0.3) is 0 Å². The van der Waals surface area contributed by atoms with Crippen LogP contribution in [0.2, 0.25) is 0 Å². The number of nitrogens with zero attached hydrogens (tertiary/aromatic N) is 1. The van der Waals surface area contributed by atoms with Crippen LogP contribution in [0.15, 0.2) is 52.1 Å². The molecule has 7 nitrogen and oxygen atoms in total. The molecule has 2 rings (SSSR count). The quantitative estimate of drug-likeness (QED) is 0.331. The van der Waals surface area contributed by atoms with Gasteiger partial charge in [0, 0.05) is 39.0 Å². The summed E-state index contributed by atoms with van der Waals surface area (Å²) in [5, 5.41) is 9.37. The molecule has 0 unspecified atom stereocenters. The van der Waals surface area contributed by atoms with E-state index in [1.807, 2.05) is 24.3 Å². The number of furan rings is 1. The second-order valence-corrected chi connectivity index (χ2v) is 6.81. The minimum atomic E-state index is -0.271. The Balaban J connectivity index is 1.74. The summed E-state index contributed by atoms with van der Waals surface area (Å²) in [5.74, 6) is 1.30. The maximum Gasteiger partial charge on any atom is 0.291 e. The molecular weight excluding hydrogens is 356 g/mol. The molecule has 28 heavy (non-hydrogen) atoms. The summed E-state index contributed by atoms with van der Waals surface area (Å²) in [6.07, 6.45) is 2.39. The zero-order valence-corrected chi connectivity index (χ0v) is 16.8. The van der Waals surface area contributed by atoms with Gasteiger partial charge in [0.25, 0.3) is 5.91 Å². The van der Waals surface area contributed by atoms with E-state index in [4.69, 9.17) is 9.15 Å². The number of carbonyl (C=O) groups is 1. The summed E-state index contributed by atoms with van der Waals surface area (Å²) in [7, 11) is 1.74. The van der Waals surface area contributed by atoms with Crippen LogP contribution in [-0.4, -0.2) is 38.7 Å². The Morgan fingerprint density at radius 3 is 2.79 bits per heavy atom. The van der Waals surface area contributed by atoms with Crippen molar-refractivity contribution < 1.29 is 13.9 Å². The zero-order chi connectivity index (χ0) is 20.2. The van der Waals surface area contributed by atoms with Gasteiger partial charge in [-0.2, -0.15) is 0 Å². The molecule has 1 amide bonds. The van der Waals surface area contributed by atoms with Crippen molar-refractivity contribution in [2.24, 2.45) is 10.9 Å². The summed E-state index contributed by atoms with van der Waals surface area (Å²) < 4.78 is 10.7. The highest BCUT2D eigenvalue weighted by atomic mass is 16.5. The number of nitrogens with one attached hydrogen (secondary N) is 3. The predicted molar refractivity (Wildman–Crippen MR) is 112 cm³/mol. The first kappa shape index (κ1) is 21.5. The van der Waals surface area contributed by atoms with E-state index in [1.165, 1.54) is 6.26 Å². The minimum Gasteiger partial charge on any atom is -0.459 e. The van der Waals surface area contributed by atoms with Crippen LogP contribution in [0.1, 0.15) is 36.4 Å². The molecule has 0 spiro atoms. The lowest BCUT2D eigenvalue weighted by Gasteiger charge is -2.13. The van der Waals surface area contributed by atoms with Crippen LogP contribution >= 0.6 is 0 Å². The topological polar surface area (TPSA) is 87.9 Å². The van der Waals surface area contributed by atoms with E-state index in [9.17, 15) is 4.79 Å². The third-order valence-electron chi connectivity index (χ3n) is 3.82. The third-order valence-corrected chi connectivity index (χ3v) is 3.82. The number of benzene rings is 1. The maximum atomic E-state index is 12.1. The molecule has 0 aliphatic carbocycles. The van der Waals surface area contributed by atoms with Gasteiger partial charge in [0.15, 0.2) is 11.7 Å². The molecule has 0 radical (unpaired) electrons. The van der Waals surface area contributed by atoms with Crippen molar-refractivity contribution in [3.63, 3.8) is 0 Å². The lowest BCUT2D eigenvalue weighted by molar-refractivity contribution is 0.0996. The Labute approximate surface area is 166 Å². The molecule has 0 bridgehead atoms. The van der Waals surface area contributed by atoms with Gasteiger partial charge in [-0.15, -0.1) is 0 Å². The number of hydrogen-bond donors (Lipinski definition) is 3. The largest absolute Gasteiger partial charge is 0.459 e. The van der Waals surface area contributed by atoms with E-state index in [1.54, 1.807) is 19.2 Å². The molecule has 0 aliphatic rings. The monoisotopic (exact) mass is 386 g/mol. The molecule has 0 saturated heterocycles. The number of anilines is 1. The summed E-state index contributed by atoms with van der Waals surface area (Å²) in [6.45, 7) is 7.19. The van der Waals surface area contributed by atoms with Crippen molar-refractivity contribution in [2.75, 3.05) is 32.1 Å². The first-order chi connectivity index (χ1) is 13.6. The highest BCUT2D eigenvalue weighted by Crippen LogP contribution is 2.12. The van der Waals surface area contributed by atoms with Gasteiger partial charge in [-0.3, -0.25) is 9.79 Å². The molecule has 1 heterocycles. The number of guanidine groups is 1.